The molecule has 2 N–H and O–H groups in total. The summed E-state index contributed by atoms with van der Waals surface area (Å²) in [6.07, 6.45) is 2.70. The van der Waals surface area contributed by atoms with E-state index in [-0.39, 0.29) is 24.1 Å². The summed E-state index contributed by atoms with van der Waals surface area (Å²) in [5, 5.41) is 0. The topological polar surface area (TPSA) is 70.8 Å². The molecule has 5 nitrogen and oxygen atoms in total. The number of carbonyl (C=O) groups excluding carboxylic acids is 1. The van der Waals surface area contributed by atoms with Crippen molar-refractivity contribution in [3.8, 4) is 0 Å². The molecule has 1 atom stereocenters. The Morgan fingerprint density at radius 3 is 2.39 bits per heavy atom. The molecule has 0 aromatic carbocycles. The van der Waals surface area contributed by atoms with Crippen LogP contribution in [0.1, 0.15) is 33.1 Å². The summed E-state index contributed by atoms with van der Waals surface area (Å²) < 4.78 is 15.6. The number of carbonyl (C=O) groups is 1. The van der Waals surface area contributed by atoms with Crippen LogP contribution in [0.3, 0.4) is 0 Å². The van der Waals surface area contributed by atoms with Gasteiger partial charge in [-0.05, 0) is 39.0 Å². The van der Waals surface area contributed by atoms with Crippen molar-refractivity contribution in [3.63, 3.8) is 0 Å². The lowest BCUT2D eigenvalue weighted by atomic mass is 9.96. The van der Waals surface area contributed by atoms with Crippen molar-refractivity contribution in [1.82, 2.24) is 0 Å². The lowest BCUT2D eigenvalue weighted by Crippen LogP contribution is -2.54. The highest BCUT2D eigenvalue weighted by molar-refractivity contribution is 5.81. The van der Waals surface area contributed by atoms with Gasteiger partial charge in [-0.3, -0.25) is 0 Å². The summed E-state index contributed by atoms with van der Waals surface area (Å²) in [5.74, 6) is -0.184. The fourth-order valence-electron chi connectivity index (χ4n) is 1.79. The highest BCUT2D eigenvalue weighted by atomic mass is 16.5. The van der Waals surface area contributed by atoms with Crippen LogP contribution in [0.25, 0.3) is 0 Å². The molecule has 1 fully saturated rings. The molecule has 0 spiro atoms. The third kappa shape index (κ3) is 3.93. The summed E-state index contributed by atoms with van der Waals surface area (Å²) in [5.41, 5.74) is 4.91. The number of hydrogen-bond acceptors (Lipinski definition) is 5. The zero-order valence-corrected chi connectivity index (χ0v) is 11.8. The second-order valence-electron chi connectivity index (χ2n) is 5.57. The third-order valence-corrected chi connectivity index (χ3v) is 3.61. The first-order chi connectivity index (χ1) is 8.35. The molecule has 18 heavy (non-hydrogen) atoms. The molecule has 0 aliphatic heterocycles. The Kier molecular flexibility index (Phi) is 5.13. The highest BCUT2D eigenvalue weighted by Crippen LogP contribution is 2.39. The van der Waals surface area contributed by atoms with E-state index in [9.17, 15) is 4.79 Å². The van der Waals surface area contributed by atoms with Crippen LogP contribution in [-0.4, -0.2) is 44.5 Å². The first-order valence-electron chi connectivity index (χ1n) is 6.36. The van der Waals surface area contributed by atoms with Gasteiger partial charge in [0.2, 0.25) is 0 Å². The van der Waals surface area contributed by atoms with Crippen LogP contribution >= 0.6 is 0 Å². The minimum absolute atomic E-state index is 0.195. The second kappa shape index (κ2) is 5.99. The predicted octanol–water partition coefficient (Wildman–Crippen LogP) is 1.10. The Hall–Kier alpha value is -0.650. The zero-order chi connectivity index (χ0) is 13.8. The van der Waals surface area contributed by atoms with Crippen molar-refractivity contribution >= 4 is 5.97 Å². The summed E-state index contributed by atoms with van der Waals surface area (Å²) in [4.78, 5) is 11.7. The molecule has 1 aliphatic rings. The van der Waals surface area contributed by atoms with E-state index in [2.05, 4.69) is 0 Å². The maximum Gasteiger partial charge on any atom is 0.328 e. The molecular weight excluding hydrogens is 234 g/mol. The molecule has 106 valence electrons. The fourth-order valence-corrected chi connectivity index (χ4v) is 1.79. The van der Waals surface area contributed by atoms with Gasteiger partial charge in [-0.15, -0.1) is 0 Å². The summed E-state index contributed by atoms with van der Waals surface area (Å²) in [6.45, 7) is 4.72. The maximum absolute atomic E-state index is 11.7. The van der Waals surface area contributed by atoms with Gasteiger partial charge in [0.1, 0.15) is 5.54 Å². The quantitative estimate of drug-likeness (QED) is 0.522. The van der Waals surface area contributed by atoms with Gasteiger partial charge in [0.15, 0.2) is 0 Å². The average molecular weight is 259 g/mol. The average Bonchev–Trinajstić information content (AvgIpc) is 3.17. The summed E-state index contributed by atoms with van der Waals surface area (Å²) in [7, 11) is 3.03. The van der Waals surface area contributed by atoms with Crippen molar-refractivity contribution in [1.29, 1.82) is 0 Å². The minimum atomic E-state index is -0.980. The monoisotopic (exact) mass is 259 g/mol. The van der Waals surface area contributed by atoms with Gasteiger partial charge in [-0.2, -0.15) is 0 Å². The Labute approximate surface area is 109 Å². The molecule has 1 unspecified atom stereocenters. The zero-order valence-electron chi connectivity index (χ0n) is 11.8. The van der Waals surface area contributed by atoms with Gasteiger partial charge < -0.3 is 19.9 Å². The first-order valence-corrected chi connectivity index (χ1v) is 6.36. The first kappa shape index (κ1) is 15.4. The number of nitrogens with two attached hydrogens (primary N) is 1. The minimum Gasteiger partial charge on any atom is -0.468 e. The van der Waals surface area contributed by atoms with E-state index in [1.807, 2.05) is 13.8 Å². The van der Waals surface area contributed by atoms with E-state index in [0.717, 1.165) is 19.3 Å². The number of hydrogen-bond donors (Lipinski definition) is 1. The van der Waals surface area contributed by atoms with Gasteiger partial charge in [0, 0.05) is 13.7 Å². The third-order valence-electron chi connectivity index (χ3n) is 3.61. The van der Waals surface area contributed by atoms with Crippen LogP contribution in [0, 0.1) is 5.92 Å². The Morgan fingerprint density at radius 2 is 1.94 bits per heavy atom. The van der Waals surface area contributed by atoms with E-state index in [1.54, 1.807) is 7.11 Å². The molecule has 1 rings (SSSR count). The number of rotatable bonds is 8. The molecule has 1 saturated carbocycles. The molecule has 0 heterocycles. The molecule has 0 saturated heterocycles. The van der Waals surface area contributed by atoms with Crippen molar-refractivity contribution in [2.24, 2.45) is 11.7 Å². The standard InChI is InChI=1S/C13H25NO4/c1-12(2,17-4)7-8-18-9-13(14,10-5-6-10)11(15)16-3/h10H,5-9,14H2,1-4H3. The molecule has 0 aromatic rings. The number of esters is 1. The van der Waals surface area contributed by atoms with Crippen molar-refractivity contribution in [3.05, 3.63) is 0 Å². The van der Waals surface area contributed by atoms with E-state index in [1.165, 1.54) is 7.11 Å². The van der Waals surface area contributed by atoms with Gasteiger partial charge in [-0.25, -0.2) is 4.79 Å². The molecule has 0 radical (unpaired) electrons. The second-order valence-corrected chi connectivity index (χ2v) is 5.57. The van der Waals surface area contributed by atoms with Gasteiger partial charge >= 0.3 is 5.97 Å². The maximum atomic E-state index is 11.7. The molecule has 1 aliphatic carbocycles. The smallest absolute Gasteiger partial charge is 0.328 e. The lowest BCUT2D eigenvalue weighted by Gasteiger charge is -2.27. The van der Waals surface area contributed by atoms with Crippen LogP contribution in [0.5, 0.6) is 0 Å². The van der Waals surface area contributed by atoms with Crippen molar-refractivity contribution in [2.75, 3.05) is 27.4 Å². The molecule has 5 heteroatoms. The molecule has 0 aromatic heterocycles. The van der Waals surface area contributed by atoms with Gasteiger partial charge in [0.05, 0.1) is 19.3 Å². The van der Waals surface area contributed by atoms with Crippen LogP contribution < -0.4 is 5.73 Å². The number of methoxy groups -OCH3 is 2. The van der Waals surface area contributed by atoms with E-state index in [4.69, 9.17) is 19.9 Å². The summed E-state index contributed by atoms with van der Waals surface area (Å²) >= 11 is 0. The largest absolute Gasteiger partial charge is 0.468 e. The van der Waals surface area contributed by atoms with E-state index < -0.39 is 5.54 Å². The fraction of sp³-hybridized carbons (Fsp3) is 0.923. The van der Waals surface area contributed by atoms with Crippen LogP contribution in [-0.2, 0) is 19.0 Å². The van der Waals surface area contributed by atoms with Gasteiger partial charge in [-0.1, -0.05) is 0 Å². The summed E-state index contributed by atoms with van der Waals surface area (Å²) in [6, 6.07) is 0. The van der Waals surface area contributed by atoms with Crippen molar-refractivity contribution in [2.45, 2.75) is 44.2 Å². The Balaban J connectivity index is 2.37. The Morgan fingerprint density at radius 1 is 1.33 bits per heavy atom. The highest BCUT2D eigenvalue weighted by Gasteiger charge is 2.49. The van der Waals surface area contributed by atoms with E-state index in [0.29, 0.717) is 6.61 Å². The van der Waals surface area contributed by atoms with Gasteiger partial charge in [0.25, 0.3) is 0 Å². The van der Waals surface area contributed by atoms with Crippen LogP contribution in [0.4, 0.5) is 0 Å². The van der Waals surface area contributed by atoms with Crippen molar-refractivity contribution < 1.29 is 19.0 Å². The van der Waals surface area contributed by atoms with E-state index >= 15 is 0 Å². The molecule has 0 amide bonds. The number of ether oxygens (including phenoxy) is 3. The predicted molar refractivity (Wildman–Crippen MR) is 68.2 cm³/mol. The lowest BCUT2D eigenvalue weighted by molar-refractivity contribution is -0.151. The Bertz CT molecular complexity index is 289. The molecule has 0 bridgehead atoms. The normalized spacial score (nSPS) is 19.4. The molecular formula is C13H25NO4. The van der Waals surface area contributed by atoms with Crippen LogP contribution in [0.15, 0.2) is 0 Å². The SMILES string of the molecule is COC(=O)C(N)(COCCC(C)(C)OC)C1CC1. The van der Waals surface area contributed by atoms with Crippen LogP contribution in [0.2, 0.25) is 0 Å².